The fraction of sp³-hybridized carbons (Fsp3) is 0.900. The topological polar surface area (TPSA) is 29.1 Å². The summed E-state index contributed by atoms with van der Waals surface area (Å²) >= 11 is 5.73. The van der Waals surface area contributed by atoms with Gasteiger partial charge in [-0.15, -0.1) is 11.6 Å². The third-order valence-electron chi connectivity index (χ3n) is 1.81. The SMILES string of the molecule is CC(C)[C@@H](CCl)C(=O)NC(C)(C)C. The first kappa shape index (κ1) is 12.8. The van der Waals surface area contributed by atoms with Crippen molar-refractivity contribution in [2.45, 2.75) is 40.2 Å². The van der Waals surface area contributed by atoms with Gasteiger partial charge in [-0.3, -0.25) is 4.79 Å². The standard InChI is InChI=1S/C10H20ClNO/c1-7(2)8(6-11)9(13)12-10(3,4)5/h7-8H,6H2,1-5H3,(H,12,13)/t8-/m1/s1. The minimum Gasteiger partial charge on any atom is -0.351 e. The van der Waals surface area contributed by atoms with Crippen LogP contribution in [0.5, 0.6) is 0 Å². The summed E-state index contributed by atoms with van der Waals surface area (Å²) in [6.07, 6.45) is 0. The summed E-state index contributed by atoms with van der Waals surface area (Å²) < 4.78 is 0. The van der Waals surface area contributed by atoms with Crippen LogP contribution in [0, 0.1) is 11.8 Å². The number of carbonyl (C=O) groups is 1. The lowest BCUT2D eigenvalue weighted by Crippen LogP contribution is -2.45. The van der Waals surface area contributed by atoms with Gasteiger partial charge in [0.05, 0.1) is 5.92 Å². The quantitative estimate of drug-likeness (QED) is 0.705. The molecule has 0 aromatic carbocycles. The summed E-state index contributed by atoms with van der Waals surface area (Å²) in [5, 5.41) is 2.93. The molecule has 1 atom stereocenters. The third kappa shape index (κ3) is 5.14. The molecule has 0 rings (SSSR count). The van der Waals surface area contributed by atoms with Gasteiger partial charge in [0.2, 0.25) is 5.91 Å². The molecule has 0 radical (unpaired) electrons. The molecular formula is C10H20ClNO. The molecule has 0 saturated heterocycles. The van der Waals surface area contributed by atoms with Crippen LogP contribution < -0.4 is 5.32 Å². The zero-order chi connectivity index (χ0) is 10.6. The fourth-order valence-corrected chi connectivity index (χ4v) is 1.51. The Morgan fingerprint density at radius 2 is 1.85 bits per heavy atom. The Labute approximate surface area is 86.0 Å². The summed E-state index contributed by atoms with van der Waals surface area (Å²) in [4.78, 5) is 11.6. The summed E-state index contributed by atoms with van der Waals surface area (Å²) in [5.41, 5.74) is -0.170. The molecule has 0 heterocycles. The summed E-state index contributed by atoms with van der Waals surface area (Å²) in [6.45, 7) is 9.92. The Bertz CT molecular complexity index is 172. The molecule has 0 unspecified atom stereocenters. The maximum absolute atomic E-state index is 11.6. The van der Waals surface area contributed by atoms with E-state index in [4.69, 9.17) is 11.6 Å². The van der Waals surface area contributed by atoms with Crippen LogP contribution in [0.25, 0.3) is 0 Å². The Hall–Kier alpha value is -0.240. The van der Waals surface area contributed by atoms with E-state index < -0.39 is 0 Å². The molecule has 0 aromatic heterocycles. The minimum absolute atomic E-state index is 0.0532. The van der Waals surface area contributed by atoms with E-state index in [1.54, 1.807) is 0 Å². The number of amides is 1. The number of hydrogen-bond donors (Lipinski definition) is 1. The Morgan fingerprint density at radius 3 is 2.08 bits per heavy atom. The van der Waals surface area contributed by atoms with Crippen molar-refractivity contribution in [2.75, 3.05) is 5.88 Å². The second-order valence-electron chi connectivity index (χ2n) is 4.74. The maximum atomic E-state index is 11.6. The van der Waals surface area contributed by atoms with E-state index in [1.165, 1.54) is 0 Å². The first-order valence-corrected chi connectivity index (χ1v) is 5.19. The summed E-state index contributed by atoms with van der Waals surface area (Å²) in [6, 6.07) is 0. The Kier molecular flexibility index (Phi) is 4.76. The van der Waals surface area contributed by atoms with Gasteiger partial charge < -0.3 is 5.32 Å². The second kappa shape index (κ2) is 4.85. The monoisotopic (exact) mass is 205 g/mol. The van der Waals surface area contributed by atoms with E-state index in [1.807, 2.05) is 34.6 Å². The van der Waals surface area contributed by atoms with Gasteiger partial charge in [-0.25, -0.2) is 0 Å². The molecule has 0 aliphatic rings. The first-order valence-electron chi connectivity index (χ1n) is 4.66. The van der Waals surface area contributed by atoms with E-state index in [2.05, 4.69) is 5.32 Å². The van der Waals surface area contributed by atoms with Crippen LogP contribution in [0.1, 0.15) is 34.6 Å². The molecule has 0 aliphatic carbocycles. The van der Waals surface area contributed by atoms with Gasteiger partial charge in [0, 0.05) is 11.4 Å². The number of halogens is 1. The van der Waals surface area contributed by atoms with Crippen molar-refractivity contribution in [1.82, 2.24) is 5.32 Å². The second-order valence-corrected chi connectivity index (χ2v) is 5.05. The van der Waals surface area contributed by atoms with Crippen molar-refractivity contribution in [2.24, 2.45) is 11.8 Å². The normalized spacial score (nSPS) is 14.4. The third-order valence-corrected chi connectivity index (χ3v) is 2.14. The lowest BCUT2D eigenvalue weighted by atomic mass is 9.95. The minimum atomic E-state index is -0.170. The lowest BCUT2D eigenvalue weighted by molar-refractivity contribution is -0.127. The smallest absolute Gasteiger partial charge is 0.224 e. The van der Waals surface area contributed by atoms with Crippen LogP contribution in [0.15, 0.2) is 0 Å². The highest BCUT2D eigenvalue weighted by molar-refractivity contribution is 6.19. The van der Waals surface area contributed by atoms with Crippen LogP contribution in [0.4, 0.5) is 0 Å². The van der Waals surface area contributed by atoms with Gasteiger partial charge >= 0.3 is 0 Å². The highest BCUT2D eigenvalue weighted by Gasteiger charge is 2.24. The van der Waals surface area contributed by atoms with Crippen molar-refractivity contribution in [3.05, 3.63) is 0 Å². The molecule has 0 aromatic rings. The van der Waals surface area contributed by atoms with Crippen molar-refractivity contribution in [1.29, 1.82) is 0 Å². The highest BCUT2D eigenvalue weighted by atomic mass is 35.5. The molecule has 13 heavy (non-hydrogen) atoms. The lowest BCUT2D eigenvalue weighted by Gasteiger charge is -2.25. The van der Waals surface area contributed by atoms with Crippen LogP contribution in [-0.2, 0) is 4.79 Å². The van der Waals surface area contributed by atoms with Gasteiger partial charge in [0.25, 0.3) is 0 Å². The molecule has 78 valence electrons. The molecule has 1 N–H and O–H groups in total. The molecule has 2 nitrogen and oxygen atoms in total. The molecule has 0 fully saturated rings. The molecular weight excluding hydrogens is 186 g/mol. The van der Waals surface area contributed by atoms with Gasteiger partial charge in [0.15, 0.2) is 0 Å². The zero-order valence-electron chi connectivity index (χ0n) is 9.15. The van der Waals surface area contributed by atoms with E-state index in [9.17, 15) is 4.79 Å². The van der Waals surface area contributed by atoms with Crippen LogP contribution >= 0.6 is 11.6 Å². The van der Waals surface area contributed by atoms with E-state index >= 15 is 0 Å². The van der Waals surface area contributed by atoms with Gasteiger partial charge in [-0.1, -0.05) is 13.8 Å². The van der Waals surface area contributed by atoms with Crippen molar-refractivity contribution in [3.63, 3.8) is 0 Å². The number of alkyl halides is 1. The van der Waals surface area contributed by atoms with Gasteiger partial charge in [-0.2, -0.15) is 0 Å². The summed E-state index contributed by atoms with van der Waals surface area (Å²) in [5.74, 6) is 0.651. The molecule has 1 amide bonds. The molecule has 0 spiro atoms. The van der Waals surface area contributed by atoms with E-state index in [0.29, 0.717) is 11.8 Å². The largest absolute Gasteiger partial charge is 0.351 e. The number of hydrogen-bond acceptors (Lipinski definition) is 1. The van der Waals surface area contributed by atoms with E-state index in [-0.39, 0.29) is 17.4 Å². The number of rotatable bonds is 3. The molecule has 3 heteroatoms. The zero-order valence-corrected chi connectivity index (χ0v) is 9.90. The molecule has 0 saturated carbocycles. The van der Waals surface area contributed by atoms with Gasteiger partial charge in [0.1, 0.15) is 0 Å². The van der Waals surface area contributed by atoms with E-state index in [0.717, 1.165) is 0 Å². The predicted molar refractivity (Wildman–Crippen MR) is 56.9 cm³/mol. The van der Waals surface area contributed by atoms with Crippen molar-refractivity contribution < 1.29 is 4.79 Å². The van der Waals surface area contributed by atoms with Crippen LogP contribution in [-0.4, -0.2) is 17.3 Å². The maximum Gasteiger partial charge on any atom is 0.224 e. The van der Waals surface area contributed by atoms with Crippen molar-refractivity contribution in [3.8, 4) is 0 Å². The van der Waals surface area contributed by atoms with Crippen LogP contribution in [0.3, 0.4) is 0 Å². The molecule has 0 aliphatic heterocycles. The average Bonchev–Trinajstić information content (AvgIpc) is 1.82. The number of nitrogens with one attached hydrogen (secondary N) is 1. The number of carbonyl (C=O) groups excluding carboxylic acids is 1. The summed E-state index contributed by atoms with van der Waals surface area (Å²) in [7, 11) is 0. The van der Waals surface area contributed by atoms with Crippen molar-refractivity contribution >= 4 is 17.5 Å². The van der Waals surface area contributed by atoms with Gasteiger partial charge in [-0.05, 0) is 26.7 Å². The highest BCUT2D eigenvalue weighted by Crippen LogP contribution is 2.14. The Morgan fingerprint density at radius 1 is 1.38 bits per heavy atom. The fourth-order valence-electron chi connectivity index (χ4n) is 1.01. The average molecular weight is 206 g/mol. The predicted octanol–water partition coefficient (Wildman–Crippen LogP) is 2.41. The van der Waals surface area contributed by atoms with Crippen LogP contribution in [0.2, 0.25) is 0 Å². The first-order chi connectivity index (χ1) is 5.78. The molecule has 0 bridgehead atoms. The Balaban J connectivity index is 4.23.